The number of carbonyl (C=O) groups is 2. The van der Waals surface area contributed by atoms with E-state index >= 15 is 0 Å². The molecule has 1 aromatic carbocycles. The smallest absolute Gasteiger partial charge is 0.226 e. The summed E-state index contributed by atoms with van der Waals surface area (Å²) in [5.41, 5.74) is 1.01. The first-order valence-electron chi connectivity index (χ1n) is 11.0. The van der Waals surface area contributed by atoms with Crippen LogP contribution in [0.5, 0.6) is 5.75 Å². The highest BCUT2D eigenvalue weighted by Crippen LogP contribution is 2.45. The summed E-state index contributed by atoms with van der Waals surface area (Å²) in [5, 5.41) is 0. The summed E-state index contributed by atoms with van der Waals surface area (Å²) in [4.78, 5) is 30.1. The van der Waals surface area contributed by atoms with Gasteiger partial charge in [0.15, 0.2) is 0 Å². The molecular formula is C23H32N2O3S. The summed E-state index contributed by atoms with van der Waals surface area (Å²) in [7, 11) is 1.65. The third-order valence-corrected chi connectivity index (χ3v) is 8.36. The van der Waals surface area contributed by atoms with Gasteiger partial charge >= 0.3 is 0 Å². The van der Waals surface area contributed by atoms with Crippen LogP contribution in [0.4, 0.5) is 0 Å². The van der Waals surface area contributed by atoms with Crippen LogP contribution >= 0.6 is 11.8 Å². The standard InChI is InChI=1S/C23H32N2O3S/c1-28-20-9-7-18(8-10-20)17-21(26)24-13-11-23(12-14-24)25(15-16-29-23)22(27)19-5-3-2-4-6-19/h7-10,19H,2-6,11-17H2,1H3. The van der Waals surface area contributed by atoms with E-state index in [4.69, 9.17) is 4.74 Å². The number of amides is 2. The minimum absolute atomic E-state index is 0.0780. The number of thioether (sulfide) groups is 1. The lowest BCUT2D eigenvalue weighted by Gasteiger charge is -2.45. The molecule has 0 radical (unpaired) electrons. The molecule has 3 fully saturated rings. The number of carbonyl (C=O) groups excluding carboxylic acids is 2. The first-order chi connectivity index (χ1) is 14.1. The zero-order chi connectivity index (χ0) is 20.3. The number of benzene rings is 1. The Bertz CT molecular complexity index is 722. The van der Waals surface area contributed by atoms with Gasteiger partial charge in [0.05, 0.1) is 18.4 Å². The Morgan fingerprint density at radius 3 is 2.41 bits per heavy atom. The first kappa shape index (κ1) is 20.6. The third kappa shape index (κ3) is 4.42. The molecule has 158 valence electrons. The van der Waals surface area contributed by atoms with Gasteiger partial charge in [0, 0.05) is 31.3 Å². The molecule has 1 saturated carbocycles. The number of hydrogen-bond donors (Lipinski definition) is 0. The van der Waals surface area contributed by atoms with E-state index in [2.05, 4.69) is 4.90 Å². The van der Waals surface area contributed by atoms with Crippen molar-refractivity contribution in [2.75, 3.05) is 32.5 Å². The summed E-state index contributed by atoms with van der Waals surface area (Å²) in [6.45, 7) is 2.37. The molecule has 0 atom stereocenters. The Labute approximate surface area is 178 Å². The van der Waals surface area contributed by atoms with Crippen molar-refractivity contribution >= 4 is 23.6 Å². The second kappa shape index (κ2) is 8.99. The molecule has 0 bridgehead atoms. The molecule has 1 aromatic rings. The average molecular weight is 417 g/mol. The topological polar surface area (TPSA) is 49.9 Å². The molecule has 2 amide bonds. The van der Waals surface area contributed by atoms with E-state index in [9.17, 15) is 9.59 Å². The quantitative estimate of drug-likeness (QED) is 0.751. The van der Waals surface area contributed by atoms with Crippen molar-refractivity contribution in [2.45, 2.75) is 56.2 Å². The molecular weight excluding hydrogens is 384 g/mol. The van der Waals surface area contributed by atoms with Gasteiger partial charge in [-0.2, -0.15) is 0 Å². The van der Waals surface area contributed by atoms with E-state index in [-0.39, 0.29) is 16.7 Å². The molecule has 1 spiro atoms. The maximum absolute atomic E-state index is 13.2. The Balaban J connectivity index is 1.34. The van der Waals surface area contributed by atoms with Gasteiger partial charge in [0.25, 0.3) is 0 Å². The van der Waals surface area contributed by atoms with Crippen LogP contribution in [-0.2, 0) is 16.0 Å². The van der Waals surface area contributed by atoms with Crippen molar-refractivity contribution in [3.63, 3.8) is 0 Å². The van der Waals surface area contributed by atoms with Gasteiger partial charge in [0.2, 0.25) is 11.8 Å². The maximum Gasteiger partial charge on any atom is 0.226 e. The molecule has 0 unspecified atom stereocenters. The van der Waals surface area contributed by atoms with Crippen LogP contribution in [0.3, 0.4) is 0 Å². The molecule has 4 rings (SSSR count). The van der Waals surface area contributed by atoms with Crippen LogP contribution in [0, 0.1) is 5.92 Å². The fourth-order valence-corrected chi connectivity index (χ4v) is 6.50. The lowest BCUT2D eigenvalue weighted by atomic mass is 9.87. The minimum atomic E-state index is -0.0780. The van der Waals surface area contributed by atoms with Crippen LogP contribution in [0.15, 0.2) is 24.3 Å². The van der Waals surface area contributed by atoms with Crippen LogP contribution < -0.4 is 4.74 Å². The van der Waals surface area contributed by atoms with E-state index in [0.29, 0.717) is 12.3 Å². The van der Waals surface area contributed by atoms with Crippen LogP contribution in [0.2, 0.25) is 0 Å². The summed E-state index contributed by atoms with van der Waals surface area (Å²) in [6.07, 6.45) is 7.99. The number of hydrogen-bond acceptors (Lipinski definition) is 4. The van der Waals surface area contributed by atoms with Gasteiger partial charge in [-0.05, 0) is 43.4 Å². The molecule has 3 aliphatic rings. The SMILES string of the molecule is COc1ccc(CC(=O)N2CCC3(CC2)SCCN3C(=O)C2CCCCC2)cc1. The summed E-state index contributed by atoms with van der Waals surface area (Å²) in [5.74, 6) is 2.63. The van der Waals surface area contributed by atoms with E-state index in [1.54, 1.807) is 7.11 Å². The number of methoxy groups -OCH3 is 1. The van der Waals surface area contributed by atoms with Crippen molar-refractivity contribution in [1.29, 1.82) is 0 Å². The van der Waals surface area contributed by atoms with E-state index in [1.165, 1.54) is 19.3 Å². The molecule has 5 nitrogen and oxygen atoms in total. The lowest BCUT2D eigenvalue weighted by Crippen LogP contribution is -2.55. The number of likely N-dealkylation sites (tertiary alicyclic amines) is 1. The number of ether oxygens (including phenoxy) is 1. The van der Waals surface area contributed by atoms with Crippen molar-refractivity contribution in [3.05, 3.63) is 29.8 Å². The Morgan fingerprint density at radius 2 is 1.76 bits per heavy atom. The van der Waals surface area contributed by atoms with Crippen molar-refractivity contribution in [3.8, 4) is 5.75 Å². The summed E-state index contributed by atoms with van der Waals surface area (Å²) >= 11 is 1.94. The normalized spacial score (nSPS) is 22.1. The largest absolute Gasteiger partial charge is 0.497 e. The summed E-state index contributed by atoms with van der Waals surface area (Å²) < 4.78 is 5.19. The second-order valence-electron chi connectivity index (χ2n) is 8.53. The maximum atomic E-state index is 13.2. The predicted octanol–water partition coefficient (Wildman–Crippen LogP) is 3.71. The van der Waals surface area contributed by atoms with Gasteiger partial charge < -0.3 is 14.5 Å². The highest BCUT2D eigenvalue weighted by Gasteiger charge is 2.48. The Hall–Kier alpha value is -1.69. The van der Waals surface area contributed by atoms with Crippen molar-refractivity contribution < 1.29 is 14.3 Å². The highest BCUT2D eigenvalue weighted by atomic mass is 32.2. The fourth-order valence-electron chi connectivity index (χ4n) is 5.04. The molecule has 0 aromatic heterocycles. The molecule has 2 aliphatic heterocycles. The number of piperidine rings is 1. The molecule has 1 aliphatic carbocycles. The fraction of sp³-hybridized carbons (Fsp3) is 0.652. The number of rotatable bonds is 4. The highest BCUT2D eigenvalue weighted by molar-refractivity contribution is 8.00. The zero-order valence-electron chi connectivity index (χ0n) is 17.4. The average Bonchev–Trinajstić information content (AvgIpc) is 3.17. The Morgan fingerprint density at radius 1 is 1.07 bits per heavy atom. The molecule has 2 saturated heterocycles. The van der Waals surface area contributed by atoms with Gasteiger partial charge in [0.1, 0.15) is 5.75 Å². The van der Waals surface area contributed by atoms with Crippen molar-refractivity contribution in [2.24, 2.45) is 5.92 Å². The number of nitrogens with zero attached hydrogens (tertiary/aromatic N) is 2. The molecule has 6 heteroatoms. The van der Waals surface area contributed by atoms with E-state index in [1.807, 2.05) is 40.9 Å². The molecule has 0 N–H and O–H groups in total. The first-order valence-corrected chi connectivity index (χ1v) is 12.0. The van der Waals surface area contributed by atoms with Crippen LogP contribution in [0.1, 0.15) is 50.5 Å². The minimum Gasteiger partial charge on any atom is -0.497 e. The van der Waals surface area contributed by atoms with Gasteiger partial charge in [-0.3, -0.25) is 9.59 Å². The van der Waals surface area contributed by atoms with E-state index in [0.717, 1.165) is 62.4 Å². The zero-order valence-corrected chi connectivity index (χ0v) is 18.2. The van der Waals surface area contributed by atoms with Gasteiger partial charge in [-0.1, -0.05) is 31.4 Å². The monoisotopic (exact) mass is 416 g/mol. The molecule has 29 heavy (non-hydrogen) atoms. The van der Waals surface area contributed by atoms with E-state index < -0.39 is 0 Å². The lowest BCUT2D eigenvalue weighted by molar-refractivity contribution is -0.141. The van der Waals surface area contributed by atoms with Crippen LogP contribution in [-0.4, -0.2) is 59.0 Å². The van der Waals surface area contributed by atoms with Gasteiger partial charge in [-0.15, -0.1) is 11.8 Å². The third-order valence-electron chi connectivity index (χ3n) is 6.81. The predicted molar refractivity (Wildman–Crippen MR) is 116 cm³/mol. The summed E-state index contributed by atoms with van der Waals surface area (Å²) in [6, 6.07) is 7.72. The van der Waals surface area contributed by atoms with Crippen molar-refractivity contribution in [1.82, 2.24) is 9.80 Å². The molecule has 2 heterocycles. The van der Waals surface area contributed by atoms with Crippen LogP contribution in [0.25, 0.3) is 0 Å². The van der Waals surface area contributed by atoms with Gasteiger partial charge in [-0.25, -0.2) is 0 Å². The Kier molecular flexibility index (Phi) is 6.38. The second-order valence-corrected chi connectivity index (χ2v) is 9.98.